The molecule has 0 saturated carbocycles. The third kappa shape index (κ3) is 14.6. The molecule has 6 aromatic rings. The van der Waals surface area contributed by atoms with Gasteiger partial charge in [-0.05, 0) is 110 Å². The Hall–Kier alpha value is -5.19. The minimum absolute atomic E-state index is 0.0173. The number of hydrogen-bond donors (Lipinski definition) is 8. The summed E-state index contributed by atoms with van der Waals surface area (Å²) in [5.74, 6) is -0.0610. The van der Waals surface area contributed by atoms with Gasteiger partial charge in [-0.25, -0.2) is 19.5 Å². The van der Waals surface area contributed by atoms with Crippen LogP contribution in [0.4, 0.5) is 17.8 Å². The van der Waals surface area contributed by atoms with Gasteiger partial charge >= 0.3 is 14.5 Å². The zero-order valence-electron chi connectivity index (χ0n) is 55.2. The van der Waals surface area contributed by atoms with Crippen LogP contribution in [0.1, 0.15) is 163 Å². The van der Waals surface area contributed by atoms with E-state index in [-0.39, 0.29) is 98.5 Å². The van der Waals surface area contributed by atoms with Gasteiger partial charge in [0.15, 0.2) is 52.2 Å². The maximum atomic E-state index is 12.8. The van der Waals surface area contributed by atoms with Crippen LogP contribution in [0.15, 0.2) is 33.4 Å². The van der Waals surface area contributed by atoms with Gasteiger partial charge in [0.25, 0.3) is 16.7 Å². The van der Waals surface area contributed by atoms with Crippen molar-refractivity contribution in [1.29, 1.82) is 0 Å². The Kier molecular flexibility index (Phi) is 17.8. The number of aromatic nitrogens is 12. The largest absolute Gasteiger partial charge is 0.473 e. The lowest BCUT2D eigenvalue weighted by atomic mass is 9.80. The van der Waals surface area contributed by atoms with Crippen molar-refractivity contribution in [3.05, 3.63) is 50.0 Å². The fourth-order valence-corrected chi connectivity index (χ4v) is 16.9. The average molecular weight is 1350 g/mol. The minimum Gasteiger partial charge on any atom is -0.369 e. The molecule has 12 heterocycles. The zero-order valence-corrected chi connectivity index (χ0v) is 57.9. The van der Waals surface area contributed by atoms with Crippen molar-refractivity contribution >= 4 is 77.7 Å². The molecular formula is C57H89N15O17P2S. The van der Waals surface area contributed by atoms with Gasteiger partial charge in [-0.2, -0.15) is 15.0 Å². The molecule has 12 rings (SSSR count). The number of aromatic amines is 3. The van der Waals surface area contributed by atoms with Crippen LogP contribution in [0.3, 0.4) is 0 Å². The monoisotopic (exact) mass is 1350 g/mol. The number of ether oxygens (including phenoxy) is 7. The first-order chi connectivity index (χ1) is 42.1. The number of phosphoric ester groups is 1. The number of hydrogen-bond acceptors (Lipinski definition) is 25. The van der Waals surface area contributed by atoms with Crippen molar-refractivity contribution in [2.45, 2.75) is 233 Å². The van der Waals surface area contributed by atoms with E-state index < -0.39 is 96.8 Å². The van der Waals surface area contributed by atoms with E-state index in [0.29, 0.717) is 25.1 Å². The number of phosphoric acid groups is 1. The van der Waals surface area contributed by atoms with Crippen molar-refractivity contribution in [2.24, 2.45) is 16.2 Å². The highest BCUT2D eigenvalue weighted by atomic mass is 32.5. The van der Waals surface area contributed by atoms with E-state index in [0.717, 1.165) is 6.42 Å². The Morgan fingerprint density at radius 2 is 0.826 bits per heavy atom. The van der Waals surface area contributed by atoms with Crippen molar-refractivity contribution in [3.63, 3.8) is 0 Å². The normalized spacial score (nSPS) is 30.2. The number of anilines is 3. The van der Waals surface area contributed by atoms with Crippen LogP contribution in [0, 0.1) is 16.2 Å². The zero-order chi connectivity index (χ0) is 67.9. The molecule has 11 N–H and O–H groups in total. The average Bonchev–Trinajstić information content (AvgIpc) is 1.57. The number of nitrogens with zero attached hydrogens (tertiary/aromatic N) is 9. The molecule has 6 saturated heterocycles. The molecule has 6 aliphatic heterocycles. The van der Waals surface area contributed by atoms with E-state index in [4.69, 9.17) is 80.3 Å². The molecule has 6 aliphatic rings. The maximum absolute atomic E-state index is 12.8. The molecule has 14 atom stereocenters. The lowest BCUT2D eigenvalue weighted by molar-refractivity contribution is -0.187. The van der Waals surface area contributed by atoms with Gasteiger partial charge in [0, 0.05) is 0 Å². The molecule has 6 fully saturated rings. The standard InChI is InChI=1S/C19H30N5O7P.C19H30N5O6PS.C19H29N5O4/c1-17(2,3)7-19-8-28-11(12(19)30-32(26,27)31-18(4,5)6)15(29-19)24-9-21-10-13(24)22-16(20)23-14(10)25;1-17(2,3)7-19-8-27-11(12(19)29-31(26,32)30-18(4,5)6)15(28-19)24-9-21-10-13(24)22-16(20)23-14(10)25;1-17(2,3)7-19-8-26-11(12(19)27-18(4,5)6)15(28-19)24-9-21-10-13(24)22-16(20)23-14(10)25/h9,11-12,15H,7-8H2,1-6H3,(H,26,27)(H3,20,22,23,25);9,11-12,15H,7-8H2,1-6H3,(H,26,32)(H3,20,22,23,25);9,11-12,15H,7-8H2,1-6H3,(H3,20,22,23,25)/t11-,12?,15+,19-;11-,12?,15+,19-,31?;11-,12?,15+,19-/m000/s1. The Morgan fingerprint density at radius 1 is 0.522 bits per heavy atom. The van der Waals surface area contributed by atoms with Gasteiger partial charge in [0.05, 0.1) is 55.6 Å². The first-order valence-corrected chi connectivity index (χ1v) is 34.3. The number of nitrogens with two attached hydrogens (primary N) is 3. The lowest BCUT2D eigenvalue weighted by Gasteiger charge is -2.38. The Labute approximate surface area is 535 Å². The van der Waals surface area contributed by atoms with Crippen LogP contribution in [0.25, 0.3) is 33.5 Å². The molecule has 35 heteroatoms. The van der Waals surface area contributed by atoms with Gasteiger partial charge in [-0.3, -0.25) is 56.6 Å². The summed E-state index contributed by atoms with van der Waals surface area (Å²) in [5, 5.41) is 0. The number of nitrogen functional groups attached to an aromatic ring is 3. The predicted octanol–water partition coefficient (Wildman–Crippen LogP) is 6.31. The summed E-state index contributed by atoms with van der Waals surface area (Å²) in [4.78, 5) is 90.3. The van der Waals surface area contributed by atoms with Crippen molar-refractivity contribution < 1.29 is 65.6 Å². The molecule has 6 bridgehead atoms. The summed E-state index contributed by atoms with van der Waals surface area (Å²) >= 11 is 5.32. The van der Waals surface area contributed by atoms with Crippen LogP contribution < -0.4 is 33.9 Å². The molecule has 510 valence electrons. The third-order valence-corrected chi connectivity index (χ3v) is 18.4. The maximum Gasteiger partial charge on any atom is 0.473 e. The quantitative estimate of drug-likeness (QED) is 0.0587. The SMILES string of the molecule is CC(C)(C)C[C@]12CO[C@@H](C1OC(C)(C)C)[C@H](n1cnc3c(=O)[nH]c(N)nc31)O2.CC(C)(C)C[C@]12CO[C@@H](C1OP(=O)(O)OC(C)(C)C)[C@H](n1cnc3c(=O)[nH]c(N)nc31)O2.CC(C)(C)C[C@]12CO[C@@H](C1OP(O)(=S)OC(C)(C)C)[C@H](n1cnc3c(=O)[nH]c(N)nc31)O2. The number of H-pyrrole nitrogens is 3. The summed E-state index contributed by atoms with van der Waals surface area (Å²) in [6, 6.07) is 0. The van der Waals surface area contributed by atoms with Crippen LogP contribution in [0.5, 0.6) is 0 Å². The summed E-state index contributed by atoms with van der Waals surface area (Å²) in [7, 11) is -4.45. The summed E-state index contributed by atoms with van der Waals surface area (Å²) in [5.41, 5.74) is 12.4. The molecule has 0 amide bonds. The molecular weight excluding hydrogens is 1260 g/mol. The number of rotatable bonds is 13. The van der Waals surface area contributed by atoms with Crippen LogP contribution in [-0.2, 0) is 67.6 Å². The van der Waals surface area contributed by atoms with Crippen molar-refractivity contribution in [1.82, 2.24) is 58.6 Å². The summed E-state index contributed by atoms with van der Waals surface area (Å²) in [6.07, 6.45) is 0.689. The molecule has 0 spiro atoms. The second-order valence-corrected chi connectivity index (χ2v) is 35.2. The Morgan fingerprint density at radius 3 is 1.13 bits per heavy atom. The van der Waals surface area contributed by atoms with Gasteiger partial charge in [0.2, 0.25) is 17.8 Å². The molecule has 0 radical (unpaired) electrons. The van der Waals surface area contributed by atoms with Crippen LogP contribution >= 0.6 is 14.5 Å². The first-order valence-electron chi connectivity index (χ1n) is 30.2. The predicted molar refractivity (Wildman–Crippen MR) is 340 cm³/mol. The number of imidazole rings is 3. The highest BCUT2D eigenvalue weighted by molar-refractivity contribution is 8.07. The third-order valence-electron chi connectivity index (χ3n) is 15.3. The highest BCUT2D eigenvalue weighted by Crippen LogP contribution is 2.61. The highest BCUT2D eigenvalue weighted by Gasteiger charge is 2.68. The van der Waals surface area contributed by atoms with Crippen LogP contribution in [0.2, 0.25) is 0 Å². The second-order valence-electron chi connectivity index (χ2n) is 31.1. The van der Waals surface area contributed by atoms with E-state index in [2.05, 4.69) is 86.4 Å². The van der Waals surface area contributed by atoms with Gasteiger partial charge < -0.3 is 64.7 Å². The van der Waals surface area contributed by atoms with Crippen molar-refractivity contribution in [2.75, 3.05) is 37.0 Å². The van der Waals surface area contributed by atoms with E-state index in [1.165, 1.54) is 12.7 Å². The number of fused-ring (bicyclic) bond motifs is 9. The Bertz CT molecular complexity index is 3860. The van der Waals surface area contributed by atoms with Crippen LogP contribution in [-0.4, -0.2) is 158 Å². The van der Waals surface area contributed by atoms with E-state index in [1.807, 2.05) is 41.5 Å². The van der Waals surface area contributed by atoms with Gasteiger partial charge in [-0.15, -0.1) is 0 Å². The molecule has 32 nitrogen and oxygen atoms in total. The lowest BCUT2D eigenvalue weighted by Crippen LogP contribution is -2.47. The smallest absolute Gasteiger partial charge is 0.369 e. The molecule has 0 aliphatic carbocycles. The number of nitrogens with one attached hydrogen (secondary N) is 3. The molecule has 0 aromatic carbocycles. The van der Waals surface area contributed by atoms with E-state index in [9.17, 15) is 28.7 Å². The van der Waals surface area contributed by atoms with Gasteiger partial charge in [-0.1, -0.05) is 62.3 Å². The fourth-order valence-electron chi connectivity index (χ4n) is 13.2. The van der Waals surface area contributed by atoms with Crippen molar-refractivity contribution in [3.8, 4) is 0 Å². The van der Waals surface area contributed by atoms with Gasteiger partial charge in [0.1, 0.15) is 53.4 Å². The topological polar surface area (TPSA) is 428 Å². The summed E-state index contributed by atoms with van der Waals surface area (Å²) in [6.45, 7) is 32.6. The minimum atomic E-state index is -4.45. The van der Waals surface area contributed by atoms with E-state index >= 15 is 0 Å². The Balaban J connectivity index is 0.000000152. The fraction of sp³-hybridized carbons (Fsp3) is 0.737. The first kappa shape index (κ1) is 69.6. The molecule has 92 heavy (non-hydrogen) atoms. The summed E-state index contributed by atoms with van der Waals surface area (Å²) < 4.78 is 84.7. The molecule has 5 unspecified atom stereocenters. The second kappa shape index (κ2) is 23.6. The van der Waals surface area contributed by atoms with E-state index in [1.54, 1.807) is 61.6 Å². The molecule has 6 aromatic heterocycles.